The van der Waals surface area contributed by atoms with Crippen molar-refractivity contribution >= 4 is 0 Å². The minimum atomic E-state index is -4.32. The van der Waals surface area contributed by atoms with Crippen LogP contribution in [0.25, 0.3) is 0 Å². The van der Waals surface area contributed by atoms with Crippen molar-refractivity contribution < 1.29 is 17.7 Å². The topological polar surface area (TPSA) is 51.0 Å². The summed E-state index contributed by atoms with van der Waals surface area (Å²) in [7, 11) is 0. The van der Waals surface area contributed by atoms with Gasteiger partial charge < -0.3 is 9.84 Å². The van der Waals surface area contributed by atoms with Crippen molar-refractivity contribution in [3.05, 3.63) is 47.6 Å². The van der Waals surface area contributed by atoms with Gasteiger partial charge >= 0.3 is 6.18 Å². The molecule has 0 bridgehead atoms. The Bertz CT molecular complexity index is 540. The summed E-state index contributed by atoms with van der Waals surface area (Å²) in [6.45, 7) is 2.35. The van der Waals surface area contributed by atoms with Gasteiger partial charge in [0.15, 0.2) is 6.33 Å². The highest BCUT2D eigenvalue weighted by atomic mass is 19.4. The molecular formula is C13H14F3N3O. The Morgan fingerprint density at radius 1 is 1.35 bits per heavy atom. The molecule has 0 amide bonds. The monoisotopic (exact) mass is 285 g/mol. The molecule has 1 aromatic heterocycles. The highest BCUT2D eigenvalue weighted by Gasteiger charge is 2.30. The van der Waals surface area contributed by atoms with E-state index in [0.717, 1.165) is 12.1 Å². The number of nitrogens with one attached hydrogen (secondary N) is 1. The van der Waals surface area contributed by atoms with E-state index in [4.69, 9.17) is 4.52 Å². The van der Waals surface area contributed by atoms with Gasteiger partial charge in [0.2, 0.25) is 5.89 Å². The van der Waals surface area contributed by atoms with Gasteiger partial charge in [0, 0.05) is 19.0 Å². The molecule has 0 aliphatic heterocycles. The summed E-state index contributed by atoms with van der Waals surface area (Å²) in [5.41, 5.74) is -0.0501. The average Bonchev–Trinajstić information content (AvgIpc) is 2.91. The molecule has 0 saturated heterocycles. The number of aromatic nitrogens is 2. The van der Waals surface area contributed by atoms with Crippen LogP contribution >= 0.6 is 0 Å². The first-order valence-corrected chi connectivity index (χ1v) is 6.13. The Balaban J connectivity index is 1.93. The molecule has 0 spiro atoms. The van der Waals surface area contributed by atoms with E-state index in [1.54, 1.807) is 6.07 Å². The number of hydrogen-bond acceptors (Lipinski definition) is 4. The van der Waals surface area contributed by atoms with Crippen molar-refractivity contribution in [3.8, 4) is 0 Å². The van der Waals surface area contributed by atoms with Crippen molar-refractivity contribution in [1.29, 1.82) is 0 Å². The third-order valence-electron chi connectivity index (χ3n) is 2.91. The number of halogens is 3. The molecule has 108 valence electrons. The van der Waals surface area contributed by atoms with Gasteiger partial charge in [-0.25, -0.2) is 0 Å². The molecule has 1 heterocycles. The molecule has 4 nitrogen and oxygen atoms in total. The first-order chi connectivity index (χ1) is 9.47. The predicted molar refractivity (Wildman–Crippen MR) is 65.9 cm³/mol. The molecule has 2 aromatic rings. The van der Waals surface area contributed by atoms with Crippen molar-refractivity contribution in [2.45, 2.75) is 25.6 Å². The van der Waals surface area contributed by atoms with Crippen molar-refractivity contribution in [2.24, 2.45) is 0 Å². The number of rotatable bonds is 5. The van der Waals surface area contributed by atoms with Gasteiger partial charge in [-0.3, -0.25) is 0 Å². The molecule has 7 heteroatoms. The smallest absolute Gasteiger partial charge is 0.340 e. The molecular weight excluding hydrogens is 271 g/mol. The quantitative estimate of drug-likeness (QED) is 0.917. The third-order valence-corrected chi connectivity index (χ3v) is 2.91. The largest absolute Gasteiger partial charge is 0.416 e. The molecule has 0 radical (unpaired) electrons. The van der Waals surface area contributed by atoms with Gasteiger partial charge in [-0.15, -0.1) is 0 Å². The summed E-state index contributed by atoms with van der Waals surface area (Å²) in [6, 6.07) is 5.10. The Morgan fingerprint density at radius 3 is 2.80 bits per heavy atom. The Hall–Kier alpha value is -1.89. The summed E-state index contributed by atoms with van der Waals surface area (Å²) in [5.74, 6) is 0.494. The van der Waals surface area contributed by atoms with E-state index in [2.05, 4.69) is 15.5 Å². The average molecular weight is 285 g/mol. The Labute approximate surface area is 114 Å². The molecule has 0 fully saturated rings. The Kier molecular flexibility index (Phi) is 4.39. The summed E-state index contributed by atoms with van der Waals surface area (Å²) < 4.78 is 42.7. The van der Waals surface area contributed by atoms with Crippen molar-refractivity contribution in [2.75, 3.05) is 6.54 Å². The molecule has 0 aliphatic rings. The number of alkyl halides is 3. The normalized spacial score (nSPS) is 13.4. The van der Waals surface area contributed by atoms with E-state index >= 15 is 0 Å². The van der Waals surface area contributed by atoms with Crippen molar-refractivity contribution in [3.63, 3.8) is 0 Å². The SMILES string of the molecule is CC(NCCc1ncno1)c1cccc(C(F)(F)F)c1. The summed E-state index contributed by atoms with van der Waals surface area (Å²) >= 11 is 0. The summed E-state index contributed by atoms with van der Waals surface area (Å²) in [6.07, 6.45) is -2.48. The first kappa shape index (κ1) is 14.5. The van der Waals surface area contributed by atoms with E-state index in [1.165, 1.54) is 12.4 Å². The second-order valence-corrected chi connectivity index (χ2v) is 4.38. The van der Waals surface area contributed by atoms with Crippen LogP contribution in [0.2, 0.25) is 0 Å². The van der Waals surface area contributed by atoms with Crippen molar-refractivity contribution in [1.82, 2.24) is 15.5 Å². The molecule has 0 aliphatic carbocycles. The maximum absolute atomic E-state index is 12.6. The third kappa shape index (κ3) is 3.80. The van der Waals surface area contributed by atoms with E-state index < -0.39 is 11.7 Å². The number of benzene rings is 1. The van der Waals surface area contributed by atoms with Crippen LogP contribution in [0.5, 0.6) is 0 Å². The highest BCUT2D eigenvalue weighted by molar-refractivity contribution is 5.27. The lowest BCUT2D eigenvalue weighted by molar-refractivity contribution is -0.137. The maximum atomic E-state index is 12.6. The van der Waals surface area contributed by atoms with E-state index in [1.807, 2.05) is 6.92 Å². The molecule has 2 rings (SSSR count). The summed E-state index contributed by atoms with van der Waals surface area (Å²) in [4.78, 5) is 3.87. The van der Waals surface area contributed by atoms with Crippen LogP contribution in [-0.4, -0.2) is 16.7 Å². The molecule has 1 unspecified atom stereocenters. The van der Waals surface area contributed by atoms with Crippen LogP contribution in [0, 0.1) is 0 Å². The minimum absolute atomic E-state index is 0.194. The standard InChI is InChI=1S/C13H14F3N3O/c1-9(17-6-5-12-18-8-19-20-12)10-3-2-4-11(7-10)13(14,15)16/h2-4,7-9,17H,5-6H2,1H3. The lowest BCUT2D eigenvalue weighted by Crippen LogP contribution is -2.22. The highest BCUT2D eigenvalue weighted by Crippen LogP contribution is 2.30. The van der Waals surface area contributed by atoms with Gasteiger partial charge in [0.25, 0.3) is 0 Å². The van der Waals surface area contributed by atoms with Crippen LogP contribution in [-0.2, 0) is 12.6 Å². The number of hydrogen-bond donors (Lipinski definition) is 1. The zero-order chi connectivity index (χ0) is 14.6. The van der Waals surface area contributed by atoms with Crippen LogP contribution in [0.3, 0.4) is 0 Å². The van der Waals surface area contributed by atoms with Gasteiger partial charge in [-0.05, 0) is 24.6 Å². The second-order valence-electron chi connectivity index (χ2n) is 4.38. The molecule has 0 saturated carbocycles. The maximum Gasteiger partial charge on any atom is 0.416 e. The van der Waals surface area contributed by atoms with E-state index in [0.29, 0.717) is 24.4 Å². The van der Waals surface area contributed by atoms with E-state index in [-0.39, 0.29) is 6.04 Å². The predicted octanol–water partition coefficient (Wildman–Crippen LogP) is 2.98. The lowest BCUT2D eigenvalue weighted by atomic mass is 10.0. The van der Waals surface area contributed by atoms with Gasteiger partial charge in [0.1, 0.15) is 0 Å². The fourth-order valence-corrected chi connectivity index (χ4v) is 1.80. The van der Waals surface area contributed by atoms with Crippen LogP contribution in [0.4, 0.5) is 13.2 Å². The zero-order valence-corrected chi connectivity index (χ0v) is 10.8. The molecule has 1 N–H and O–H groups in total. The first-order valence-electron chi connectivity index (χ1n) is 6.13. The fraction of sp³-hybridized carbons (Fsp3) is 0.385. The Morgan fingerprint density at radius 2 is 2.15 bits per heavy atom. The number of nitrogens with zero attached hydrogens (tertiary/aromatic N) is 2. The molecule has 20 heavy (non-hydrogen) atoms. The van der Waals surface area contributed by atoms with Crippen LogP contribution in [0.15, 0.2) is 35.1 Å². The second kappa shape index (κ2) is 6.04. The zero-order valence-electron chi connectivity index (χ0n) is 10.8. The minimum Gasteiger partial charge on any atom is -0.340 e. The van der Waals surface area contributed by atoms with Crippen LogP contribution in [0.1, 0.15) is 30.0 Å². The van der Waals surface area contributed by atoms with Gasteiger partial charge in [-0.1, -0.05) is 17.3 Å². The van der Waals surface area contributed by atoms with Crippen LogP contribution < -0.4 is 5.32 Å². The van der Waals surface area contributed by atoms with Gasteiger partial charge in [0.05, 0.1) is 5.56 Å². The lowest BCUT2D eigenvalue weighted by Gasteiger charge is -2.15. The molecule has 1 atom stereocenters. The fourth-order valence-electron chi connectivity index (χ4n) is 1.80. The van der Waals surface area contributed by atoms with Gasteiger partial charge in [-0.2, -0.15) is 18.2 Å². The van der Waals surface area contributed by atoms with E-state index in [9.17, 15) is 13.2 Å². The molecule has 1 aromatic carbocycles. The summed E-state index contributed by atoms with van der Waals surface area (Å²) in [5, 5.41) is 6.60.